The van der Waals surface area contributed by atoms with Gasteiger partial charge in [0.2, 0.25) is 0 Å². The van der Waals surface area contributed by atoms with Gasteiger partial charge in [-0.3, -0.25) is 0 Å². The molecule has 0 aliphatic heterocycles. The molecule has 1 atom stereocenters. The lowest BCUT2D eigenvalue weighted by Gasteiger charge is -2.06. The van der Waals surface area contributed by atoms with E-state index in [1.165, 1.54) is 0 Å². The number of nitrogens with two attached hydrogens (primary N) is 1. The van der Waals surface area contributed by atoms with E-state index in [9.17, 15) is 0 Å². The van der Waals surface area contributed by atoms with E-state index in [1.54, 1.807) is 18.0 Å². The molecule has 1 unspecified atom stereocenters. The number of rotatable bonds is 3. The fraction of sp³-hybridized carbons (Fsp3) is 0.500. The Hall–Kier alpha value is -0.130. The van der Waals surface area contributed by atoms with Gasteiger partial charge < -0.3 is 10.7 Å². The minimum Gasteiger partial charge on any atom is -0.336 e. The second-order valence-corrected chi connectivity index (χ2v) is 3.64. The number of hydrogen-bond acceptors (Lipinski definition) is 4. The Morgan fingerprint density at radius 1 is 1.91 bits per heavy atom. The smallest absolute Gasteiger partial charge is 0.121 e. The van der Waals surface area contributed by atoms with Gasteiger partial charge in [-0.1, -0.05) is 0 Å². The predicted octanol–water partition coefficient (Wildman–Crippen LogP) is 1.06. The summed E-state index contributed by atoms with van der Waals surface area (Å²) in [7, 11) is 0. The van der Waals surface area contributed by atoms with Crippen LogP contribution in [0.2, 0.25) is 0 Å². The zero-order valence-corrected chi connectivity index (χ0v) is 7.95. The van der Waals surface area contributed by atoms with Crippen LogP contribution < -0.4 is 5.73 Å². The first kappa shape index (κ1) is 8.96. The lowest BCUT2D eigenvalue weighted by Crippen LogP contribution is -2.10. The number of H-pyrrole nitrogens is 1. The number of hydrogen-bond donors (Lipinski definition) is 3. The summed E-state index contributed by atoms with van der Waals surface area (Å²) in [6, 6.07) is 0. The number of thiol groups is 1. The molecule has 1 aromatic rings. The van der Waals surface area contributed by atoms with Crippen LogP contribution in [0.15, 0.2) is 11.2 Å². The maximum Gasteiger partial charge on any atom is 0.121 e. The third kappa shape index (κ3) is 2.15. The fourth-order valence-electron chi connectivity index (χ4n) is 0.810. The highest BCUT2D eigenvalue weighted by molar-refractivity contribution is 7.98. The van der Waals surface area contributed by atoms with Gasteiger partial charge in [0, 0.05) is 6.54 Å². The first-order chi connectivity index (χ1) is 5.27. The predicted molar refractivity (Wildman–Crippen MR) is 51.2 cm³/mol. The lowest BCUT2D eigenvalue weighted by atomic mass is 10.4. The number of aromatic nitrogens is 2. The van der Waals surface area contributed by atoms with E-state index in [0.717, 1.165) is 10.9 Å². The summed E-state index contributed by atoms with van der Waals surface area (Å²) in [5.41, 5.74) is 5.52. The highest BCUT2D eigenvalue weighted by Gasteiger charge is 2.10. The van der Waals surface area contributed by atoms with Gasteiger partial charge in [0.1, 0.15) is 5.82 Å². The molecule has 0 aliphatic carbocycles. The Morgan fingerprint density at radius 3 is 3.00 bits per heavy atom. The summed E-state index contributed by atoms with van der Waals surface area (Å²) in [5, 5.41) is 1.04. The first-order valence-corrected chi connectivity index (χ1v) is 4.98. The van der Waals surface area contributed by atoms with Crippen molar-refractivity contribution >= 4 is 24.4 Å². The van der Waals surface area contributed by atoms with Crippen molar-refractivity contribution in [3.05, 3.63) is 12.0 Å². The summed E-state index contributed by atoms with van der Waals surface area (Å²) < 4.78 is 0. The van der Waals surface area contributed by atoms with Crippen LogP contribution in [-0.2, 0) is 0 Å². The molecule has 0 aromatic carbocycles. The van der Waals surface area contributed by atoms with Crippen molar-refractivity contribution in [2.24, 2.45) is 5.73 Å². The van der Waals surface area contributed by atoms with Gasteiger partial charge in [0.05, 0.1) is 16.5 Å². The minimum atomic E-state index is 0.260. The van der Waals surface area contributed by atoms with Crippen molar-refractivity contribution in [1.82, 2.24) is 9.97 Å². The zero-order valence-electron chi connectivity index (χ0n) is 6.24. The molecule has 0 spiro atoms. The van der Waals surface area contributed by atoms with Crippen molar-refractivity contribution in [3.63, 3.8) is 0 Å². The first-order valence-electron chi connectivity index (χ1n) is 3.24. The van der Waals surface area contributed by atoms with Crippen LogP contribution in [-0.4, -0.2) is 22.8 Å². The highest BCUT2D eigenvalue weighted by atomic mass is 32.2. The molecule has 5 heteroatoms. The molecule has 0 radical (unpaired) electrons. The van der Waals surface area contributed by atoms with Crippen LogP contribution >= 0.6 is 24.4 Å². The molecule has 1 aromatic heterocycles. The van der Waals surface area contributed by atoms with Gasteiger partial charge in [-0.25, -0.2) is 4.98 Å². The molecule has 1 rings (SSSR count). The van der Waals surface area contributed by atoms with Crippen LogP contribution in [0.3, 0.4) is 0 Å². The molecule has 0 bridgehead atoms. The summed E-state index contributed by atoms with van der Waals surface area (Å²) in [5.74, 6) is 0.907. The monoisotopic (exact) mass is 189 g/mol. The third-order valence-electron chi connectivity index (χ3n) is 1.39. The summed E-state index contributed by atoms with van der Waals surface area (Å²) in [4.78, 5) is 7.16. The van der Waals surface area contributed by atoms with Gasteiger partial charge in [-0.05, 0) is 6.26 Å². The third-order valence-corrected chi connectivity index (χ3v) is 2.60. The van der Waals surface area contributed by atoms with Crippen LogP contribution in [0.5, 0.6) is 0 Å². The Balaban J connectivity index is 2.73. The normalized spacial score (nSPS) is 13.4. The van der Waals surface area contributed by atoms with E-state index < -0.39 is 0 Å². The maximum atomic E-state index is 5.52. The highest BCUT2D eigenvalue weighted by Crippen LogP contribution is 2.22. The van der Waals surface area contributed by atoms with E-state index >= 15 is 0 Å². The zero-order chi connectivity index (χ0) is 8.27. The molecule has 0 fully saturated rings. The summed E-state index contributed by atoms with van der Waals surface area (Å²) >= 11 is 5.79. The van der Waals surface area contributed by atoms with Crippen LogP contribution in [0, 0.1) is 0 Å². The number of imidazole rings is 1. The van der Waals surface area contributed by atoms with E-state index in [0.29, 0.717) is 6.54 Å². The van der Waals surface area contributed by atoms with Gasteiger partial charge in [-0.2, -0.15) is 11.8 Å². The largest absolute Gasteiger partial charge is 0.336 e. The Labute approximate surface area is 75.6 Å². The van der Waals surface area contributed by atoms with Crippen molar-refractivity contribution < 1.29 is 0 Å². The molecule has 0 aliphatic rings. The molecule has 1 heterocycles. The second kappa shape index (κ2) is 4.04. The topological polar surface area (TPSA) is 54.7 Å². The molecule has 11 heavy (non-hydrogen) atoms. The van der Waals surface area contributed by atoms with Crippen LogP contribution in [0.4, 0.5) is 0 Å². The molecule has 0 saturated carbocycles. The van der Waals surface area contributed by atoms with Crippen LogP contribution in [0.1, 0.15) is 11.1 Å². The van der Waals surface area contributed by atoms with Crippen molar-refractivity contribution in [3.8, 4) is 0 Å². The van der Waals surface area contributed by atoms with E-state index in [-0.39, 0.29) is 5.25 Å². The molecule has 62 valence electrons. The van der Waals surface area contributed by atoms with E-state index in [1.807, 2.05) is 6.26 Å². The molecular weight excluding hydrogens is 178 g/mol. The van der Waals surface area contributed by atoms with Gasteiger partial charge in [-0.15, -0.1) is 12.6 Å². The molecule has 0 amide bonds. The quantitative estimate of drug-likeness (QED) is 0.623. The number of nitrogens with one attached hydrogen (secondary N) is 1. The van der Waals surface area contributed by atoms with E-state index in [4.69, 9.17) is 5.73 Å². The van der Waals surface area contributed by atoms with Gasteiger partial charge in [0.25, 0.3) is 0 Å². The van der Waals surface area contributed by atoms with E-state index in [2.05, 4.69) is 22.6 Å². The Morgan fingerprint density at radius 2 is 2.64 bits per heavy atom. The van der Waals surface area contributed by atoms with Crippen molar-refractivity contribution in [2.75, 3.05) is 12.8 Å². The SMILES string of the molecule is CSC(CN)c1ncc(S)[nH]1. The number of nitrogens with zero attached hydrogens (tertiary/aromatic N) is 1. The van der Waals surface area contributed by atoms with Crippen molar-refractivity contribution in [2.45, 2.75) is 10.3 Å². The Bertz CT molecular complexity index is 219. The maximum absolute atomic E-state index is 5.52. The standard InChI is InChI=1S/C6H11N3S2/c1-11-4(2-7)6-8-3-5(10)9-6/h3-4,10H,2,7H2,1H3,(H,8,9). The van der Waals surface area contributed by atoms with Crippen LogP contribution in [0.25, 0.3) is 0 Å². The summed E-state index contributed by atoms with van der Waals surface area (Å²) in [6.45, 7) is 0.599. The fourth-order valence-corrected chi connectivity index (χ4v) is 1.52. The van der Waals surface area contributed by atoms with Gasteiger partial charge in [0.15, 0.2) is 0 Å². The lowest BCUT2D eigenvalue weighted by molar-refractivity contribution is 0.865. The summed E-state index contributed by atoms with van der Waals surface area (Å²) in [6.07, 6.45) is 3.70. The molecule has 0 saturated heterocycles. The number of aromatic amines is 1. The molecule has 3 N–H and O–H groups in total. The Kier molecular flexibility index (Phi) is 3.29. The van der Waals surface area contributed by atoms with Crippen molar-refractivity contribution in [1.29, 1.82) is 0 Å². The number of thioether (sulfide) groups is 1. The molecular formula is C6H11N3S2. The molecule has 3 nitrogen and oxygen atoms in total. The average molecular weight is 189 g/mol. The minimum absolute atomic E-state index is 0.260. The van der Waals surface area contributed by atoms with Gasteiger partial charge >= 0.3 is 0 Å². The average Bonchev–Trinajstić information content (AvgIpc) is 2.39. The second-order valence-electron chi connectivity index (χ2n) is 2.11.